The molecule has 0 fully saturated rings. The smallest absolute Gasteiger partial charge is 0.0636 e. The Labute approximate surface area is 109 Å². The van der Waals surface area contributed by atoms with E-state index in [-0.39, 0.29) is 6.04 Å². The summed E-state index contributed by atoms with van der Waals surface area (Å²) in [6, 6.07) is 16.9. The number of hydrogen-bond acceptors (Lipinski definition) is 2. The number of hydrogen-bond donors (Lipinski definition) is 2. The molecule has 0 spiro atoms. The van der Waals surface area contributed by atoms with Crippen LogP contribution in [0.15, 0.2) is 48.5 Å². The lowest BCUT2D eigenvalue weighted by atomic mass is 10.0. The number of aryl methyl sites for hydroxylation is 2. The molecule has 0 aliphatic rings. The van der Waals surface area contributed by atoms with Gasteiger partial charge in [-0.3, -0.25) is 0 Å². The minimum absolute atomic E-state index is 0.159. The molecule has 0 aliphatic carbocycles. The largest absolute Gasteiger partial charge is 0.377 e. The summed E-state index contributed by atoms with van der Waals surface area (Å²) < 4.78 is 0. The zero-order chi connectivity index (χ0) is 13.0. The highest BCUT2D eigenvalue weighted by Gasteiger charge is 2.09. The maximum Gasteiger partial charge on any atom is 0.0636 e. The third-order valence-electron chi connectivity index (χ3n) is 3.28. The Morgan fingerprint density at radius 1 is 1.00 bits per heavy atom. The molecule has 2 nitrogen and oxygen atoms in total. The summed E-state index contributed by atoms with van der Waals surface area (Å²) in [6.07, 6.45) is 0. The minimum Gasteiger partial charge on any atom is -0.377 e. The molecule has 2 aromatic carbocycles. The van der Waals surface area contributed by atoms with Gasteiger partial charge in [0.05, 0.1) is 6.04 Å². The number of para-hydroxylation sites is 1. The van der Waals surface area contributed by atoms with Crippen molar-refractivity contribution >= 4 is 5.69 Å². The average Bonchev–Trinajstić information content (AvgIpc) is 2.40. The molecule has 0 saturated carbocycles. The summed E-state index contributed by atoms with van der Waals surface area (Å²) in [5.41, 5.74) is 10.8. The lowest BCUT2D eigenvalue weighted by Crippen LogP contribution is -2.20. The van der Waals surface area contributed by atoms with Crippen LogP contribution in [0.2, 0.25) is 0 Å². The second-order valence-corrected chi connectivity index (χ2v) is 4.64. The molecule has 2 rings (SSSR count). The fourth-order valence-electron chi connectivity index (χ4n) is 2.00. The lowest BCUT2D eigenvalue weighted by molar-refractivity contribution is 0.788. The molecular weight excluding hydrogens is 220 g/mol. The van der Waals surface area contributed by atoms with Crippen molar-refractivity contribution in [2.45, 2.75) is 19.9 Å². The zero-order valence-electron chi connectivity index (χ0n) is 11.0. The van der Waals surface area contributed by atoms with Gasteiger partial charge in [-0.25, -0.2) is 0 Å². The summed E-state index contributed by atoms with van der Waals surface area (Å²) in [6.45, 7) is 4.84. The van der Waals surface area contributed by atoms with Crippen molar-refractivity contribution < 1.29 is 0 Å². The number of benzene rings is 2. The van der Waals surface area contributed by atoms with E-state index in [9.17, 15) is 0 Å². The van der Waals surface area contributed by atoms with Crippen LogP contribution >= 0.6 is 0 Å². The zero-order valence-corrected chi connectivity index (χ0v) is 11.0. The normalized spacial score (nSPS) is 12.2. The van der Waals surface area contributed by atoms with Crippen molar-refractivity contribution in [3.05, 3.63) is 65.2 Å². The van der Waals surface area contributed by atoms with E-state index in [0.29, 0.717) is 6.54 Å². The summed E-state index contributed by atoms with van der Waals surface area (Å²) in [5.74, 6) is 0. The monoisotopic (exact) mass is 240 g/mol. The van der Waals surface area contributed by atoms with E-state index in [1.807, 2.05) is 18.2 Å². The second kappa shape index (κ2) is 5.69. The first-order valence-corrected chi connectivity index (χ1v) is 6.29. The molecule has 3 N–H and O–H groups in total. The summed E-state index contributed by atoms with van der Waals surface area (Å²) in [7, 11) is 0. The Kier molecular flexibility index (Phi) is 4.00. The molecule has 0 aromatic heterocycles. The topological polar surface area (TPSA) is 38.0 Å². The Morgan fingerprint density at radius 3 is 2.33 bits per heavy atom. The van der Waals surface area contributed by atoms with E-state index in [1.54, 1.807) is 0 Å². The second-order valence-electron chi connectivity index (χ2n) is 4.64. The van der Waals surface area contributed by atoms with Crippen LogP contribution in [0.25, 0.3) is 0 Å². The van der Waals surface area contributed by atoms with Crippen molar-refractivity contribution in [3.63, 3.8) is 0 Å². The van der Waals surface area contributed by atoms with Crippen molar-refractivity contribution in [1.82, 2.24) is 0 Å². The van der Waals surface area contributed by atoms with Gasteiger partial charge in [0.2, 0.25) is 0 Å². The molecule has 0 saturated heterocycles. The van der Waals surface area contributed by atoms with Crippen LogP contribution in [-0.2, 0) is 0 Å². The first-order valence-electron chi connectivity index (χ1n) is 6.29. The number of anilines is 1. The fraction of sp³-hybridized carbons (Fsp3) is 0.250. The van der Waals surface area contributed by atoms with Gasteiger partial charge < -0.3 is 11.1 Å². The van der Waals surface area contributed by atoms with Crippen molar-refractivity contribution in [2.75, 3.05) is 11.9 Å². The number of nitrogens with one attached hydrogen (secondary N) is 1. The van der Waals surface area contributed by atoms with Gasteiger partial charge in [-0.1, -0.05) is 36.4 Å². The quantitative estimate of drug-likeness (QED) is 0.859. The molecular formula is C16H20N2. The van der Waals surface area contributed by atoms with Gasteiger partial charge in [-0.15, -0.1) is 0 Å². The van der Waals surface area contributed by atoms with Crippen LogP contribution in [0.4, 0.5) is 5.69 Å². The van der Waals surface area contributed by atoms with Gasteiger partial charge in [0.1, 0.15) is 0 Å². The van der Waals surface area contributed by atoms with Gasteiger partial charge in [0, 0.05) is 12.2 Å². The van der Waals surface area contributed by atoms with E-state index < -0.39 is 0 Å². The predicted molar refractivity (Wildman–Crippen MR) is 77.8 cm³/mol. The maximum atomic E-state index is 5.88. The van der Waals surface area contributed by atoms with Crippen LogP contribution in [0.5, 0.6) is 0 Å². The molecule has 2 aromatic rings. The van der Waals surface area contributed by atoms with Gasteiger partial charge in [-0.05, 0) is 42.7 Å². The van der Waals surface area contributed by atoms with E-state index in [1.165, 1.54) is 16.7 Å². The summed E-state index contributed by atoms with van der Waals surface area (Å²) in [5, 5.41) is 3.47. The van der Waals surface area contributed by atoms with E-state index >= 15 is 0 Å². The van der Waals surface area contributed by atoms with Crippen LogP contribution in [-0.4, -0.2) is 6.54 Å². The van der Waals surface area contributed by atoms with E-state index in [2.05, 4.69) is 49.5 Å². The van der Waals surface area contributed by atoms with Crippen LogP contribution < -0.4 is 11.1 Å². The average molecular weight is 240 g/mol. The molecule has 0 amide bonds. The highest BCUT2D eigenvalue weighted by molar-refractivity contribution is 5.46. The first kappa shape index (κ1) is 12.7. The SMILES string of the molecule is Cc1ccc(C(CN)Nc2ccccc2)cc1C. The van der Waals surface area contributed by atoms with Gasteiger partial charge in [0.15, 0.2) is 0 Å². The maximum absolute atomic E-state index is 5.88. The van der Waals surface area contributed by atoms with E-state index in [4.69, 9.17) is 5.73 Å². The lowest BCUT2D eigenvalue weighted by Gasteiger charge is -2.19. The summed E-state index contributed by atoms with van der Waals surface area (Å²) in [4.78, 5) is 0. The third-order valence-corrected chi connectivity index (χ3v) is 3.28. The Morgan fingerprint density at radius 2 is 1.72 bits per heavy atom. The number of nitrogens with two attached hydrogens (primary N) is 1. The molecule has 0 bridgehead atoms. The minimum atomic E-state index is 0.159. The first-order chi connectivity index (χ1) is 8.70. The molecule has 1 unspecified atom stereocenters. The van der Waals surface area contributed by atoms with Crippen LogP contribution in [0.3, 0.4) is 0 Å². The molecule has 2 heteroatoms. The third kappa shape index (κ3) is 2.90. The molecule has 0 radical (unpaired) electrons. The predicted octanol–water partition coefficient (Wildman–Crippen LogP) is 3.42. The van der Waals surface area contributed by atoms with Crippen LogP contribution in [0.1, 0.15) is 22.7 Å². The molecule has 94 valence electrons. The molecule has 0 aliphatic heterocycles. The van der Waals surface area contributed by atoms with E-state index in [0.717, 1.165) is 5.69 Å². The Balaban J connectivity index is 2.20. The number of rotatable bonds is 4. The molecule has 1 atom stereocenters. The van der Waals surface area contributed by atoms with Gasteiger partial charge in [0.25, 0.3) is 0 Å². The standard InChI is InChI=1S/C16H20N2/c1-12-8-9-14(10-13(12)2)16(11-17)18-15-6-4-3-5-7-15/h3-10,16,18H,11,17H2,1-2H3. The van der Waals surface area contributed by atoms with Crippen molar-refractivity contribution in [3.8, 4) is 0 Å². The molecule has 18 heavy (non-hydrogen) atoms. The van der Waals surface area contributed by atoms with Gasteiger partial charge in [-0.2, -0.15) is 0 Å². The Bertz CT molecular complexity index is 506. The highest BCUT2D eigenvalue weighted by Crippen LogP contribution is 2.20. The van der Waals surface area contributed by atoms with Crippen molar-refractivity contribution in [1.29, 1.82) is 0 Å². The molecule has 0 heterocycles. The highest BCUT2D eigenvalue weighted by atomic mass is 14.9. The Hall–Kier alpha value is -1.80. The van der Waals surface area contributed by atoms with Crippen molar-refractivity contribution in [2.24, 2.45) is 5.73 Å². The van der Waals surface area contributed by atoms with Gasteiger partial charge >= 0.3 is 0 Å². The van der Waals surface area contributed by atoms with Crippen LogP contribution in [0, 0.1) is 13.8 Å². The fourth-order valence-corrected chi connectivity index (χ4v) is 2.00. The summed E-state index contributed by atoms with van der Waals surface area (Å²) >= 11 is 0.